The van der Waals surface area contributed by atoms with Crippen molar-refractivity contribution < 1.29 is 33.6 Å². The van der Waals surface area contributed by atoms with Gasteiger partial charge in [0.25, 0.3) is 11.7 Å². The van der Waals surface area contributed by atoms with E-state index < -0.39 is 17.7 Å². The van der Waals surface area contributed by atoms with Gasteiger partial charge >= 0.3 is 0 Å². The molecule has 8 nitrogen and oxygen atoms in total. The normalized spacial score (nSPS) is 18.1. The summed E-state index contributed by atoms with van der Waals surface area (Å²) in [6, 6.07) is 18.1. The molecule has 8 heteroatoms. The second kappa shape index (κ2) is 10.5. The van der Waals surface area contributed by atoms with Gasteiger partial charge in [0.2, 0.25) is 0 Å². The SMILES string of the molecule is COc1cccc(C2/C(=C(\O)c3cccc(OCC(C)C)c3)C(=O)C(=O)N2c2ccc3c(c2)OCCO3)c1. The molecule has 0 saturated carbocycles. The van der Waals surface area contributed by atoms with Gasteiger partial charge < -0.3 is 24.1 Å². The zero-order valence-electron chi connectivity index (χ0n) is 21.5. The summed E-state index contributed by atoms with van der Waals surface area (Å²) >= 11 is 0. The van der Waals surface area contributed by atoms with Gasteiger partial charge in [-0.15, -0.1) is 0 Å². The average Bonchev–Trinajstić information content (AvgIpc) is 3.21. The number of methoxy groups -OCH3 is 1. The number of aliphatic hydroxyl groups excluding tert-OH is 1. The average molecular weight is 516 g/mol. The summed E-state index contributed by atoms with van der Waals surface area (Å²) in [7, 11) is 1.54. The Labute approximate surface area is 221 Å². The van der Waals surface area contributed by atoms with Gasteiger partial charge in [0.05, 0.1) is 25.3 Å². The number of carbonyl (C=O) groups is 2. The number of ketones is 1. The van der Waals surface area contributed by atoms with E-state index in [2.05, 4.69) is 0 Å². The summed E-state index contributed by atoms with van der Waals surface area (Å²) in [4.78, 5) is 28.4. The fourth-order valence-corrected chi connectivity index (χ4v) is 4.56. The number of aliphatic hydroxyl groups is 1. The third kappa shape index (κ3) is 4.77. The Morgan fingerprint density at radius 2 is 1.71 bits per heavy atom. The van der Waals surface area contributed by atoms with Crippen molar-refractivity contribution in [3.8, 4) is 23.0 Å². The second-order valence-corrected chi connectivity index (χ2v) is 9.51. The summed E-state index contributed by atoms with van der Waals surface area (Å²) in [6.45, 7) is 5.39. The molecule has 3 aromatic carbocycles. The first-order valence-corrected chi connectivity index (χ1v) is 12.4. The third-order valence-corrected chi connectivity index (χ3v) is 6.35. The minimum absolute atomic E-state index is 0.0286. The molecule has 2 aliphatic rings. The zero-order valence-corrected chi connectivity index (χ0v) is 21.5. The van der Waals surface area contributed by atoms with Crippen LogP contribution >= 0.6 is 0 Å². The second-order valence-electron chi connectivity index (χ2n) is 9.51. The van der Waals surface area contributed by atoms with Crippen LogP contribution in [0.3, 0.4) is 0 Å². The molecule has 0 aromatic heterocycles. The highest BCUT2D eigenvalue weighted by Crippen LogP contribution is 2.45. The summed E-state index contributed by atoms with van der Waals surface area (Å²) in [5.74, 6) is 0.633. The van der Waals surface area contributed by atoms with Crippen LogP contribution in [0.15, 0.2) is 72.3 Å². The Bertz CT molecular complexity index is 1410. The zero-order chi connectivity index (χ0) is 26.8. The van der Waals surface area contributed by atoms with Gasteiger partial charge in [0.15, 0.2) is 11.5 Å². The number of nitrogens with zero attached hydrogens (tertiary/aromatic N) is 1. The number of ether oxygens (including phenoxy) is 4. The largest absolute Gasteiger partial charge is 0.507 e. The number of fused-ring (bicyclic) bond motifs is 1. The van der Waals surface area contributed by atoms with Crippen molar-refractivity contribution in [2.45, 2.75) is 19.9 Å². The van der Waals surface area contributed by atoms with Crippen LogP contribution in [0.2, 0.25) is 0 Å². The maximum atomic E-state index is 13.5. The molecule has 1 amide bonds. The Morgan fingerprint density at radius 1 is 0.974 bits per heavy atom. The number of Topliss-reactive ketones (excluding diaryl/α,β-unsaturated/α-hetero) is 1. The summed E-state index contributed by atoms with van der Waals surface area (Å²) in [5.41, 5.74) is 1.39. The lowest BCUT2D eigenvalue weighted by molar-refractivity contribution is -0.132. The number of hydrogen-bond donors (Lipinski definition) is 1. The molecule has 38 heavy (non-hydrogen) atoms. The van der Waals surface area contributed by atoms with Crippen LogP contribution in [0.4, 0.5) is 5.69 Å². The Morgan fingerprint density at radius 3 is 2.47 bits per heavy atom. The van der Waals surface area contributed by atoms with Gasteiger partial charge in [0, 0.05) is 17.3 Å². The number of hydrogen-bond acceptors (Lipinski definition) is 7. The van der Waals surface area contributed by atoms with E-state index in [9.17, 15) is 14.7 Å². The fraction of sp³-hybridized carbons (Fsp3) is 0.267. The van der Waals surface area contributed by atoms with Crippen molar-refractivity contribution in [2.75, 3.05) is 31.8 Å². The molecule has 196 valence electrons. The fourth-order valence-electron chi connectivity index (χ4n) is 4.56. The molecule has 2 aliphatic heterocycles. The minimum atomic E-state index is -0.909. The molecule has 0 radical (unpaired) electrons. The monoisotopic (exact) mass is 515 g/mol. The van der Waals surface area contributed by atoms with E-state index in [-0.39, 0.29) is 11.3 Å². The van der Waals surface area contributed by atoms with Crippen LogP contribution in [-0.4, -0.2) is 43.7 Å². The lowest BCUT2D eigenvalue weighted by Gasteiger charge is -2.27. The molecule has 1 atom stereocenters. The summed E-state index contributed by atoms with van der Waals surface area (Å²) in [6.07, 6.45) is 0. The van der Waals surface area contributed by atoms with Crippen LogP contribution in [0.5, 0.6) is 23.0 Å². The van der Waals surface area contributed by atoms with Crippen LogP contribution in [0.1, 0.15) is 31.0 Å². The van der Waals surface area contributed by atoms with Gasteiger partial charge in [-0.1, -0.05) is 38.1 Å². The molecule has 3 aromatic rings. The van der Waals surface area contributed by atoms with E-state index in [4.69, 9.17) is 18.9 Å². The minimum Gasteiger partial charge on any atom is -0.507 e. The van der Waals surface area contributed by atoms with Crippen molar-refractivity contribution in [1.29, 1.82) is 0 Å². The number of amides is 1. The third-order valence-electron chi connectivity index (χ3n) is 6.35. The Hall–Kier alpha value is -4.46. The molecule has 1 fully saturated rings. The highest BCUT2D eigenvalue weighted by molar-refractivity contribution is 6.51. The smallest absolute Gasteiger partial charge is 0.300 e. The summed E-state index contributed by atoms with van der Waals surface area (Å²) in [5, 5.41) is 11.5. The van der Waals surface area contributed by atoms with Crippen molar-refractivity contribution >= 4 is 23.1 Å². The lowest BCUT2D eigenvalue weighted by atomic mass is 9.95. The van der Waals surface area contributed by atoms with E-state index in [1.165, 1.54) is 4.90 Å². The van der Waals surface area contributed by atoms with Gasteiger partial charge in [-0.2, -0.15) is 0 Å². The number of rotatable bonds is 7. The number of anilines is 1. The quantitative estimate of drug-likeness (QED) is 0.265. The molecule has 0 spiro atoms. The Balaban J connectivity index is 1.65. The first-order valence-electron chi connectivity index (χ1n) is 12.4. The lowest BCUT2D eigenvalue weighted by Crippen LogP contribution is -2.29. The maximum absolute atomic E-state index is 13.5. The topological polar surface area (TPSA) is 94.5 Å². The molecule has 1 saturated heterocycles. The molecule has 0 aliphatic carbocycles. The van der Waals surface area contributed by atoms with Crippen molar-refractivity contribution in [2.24, 2.45) is 5.92 Å². The predicted molar refractivity (Wildman–Crippen MR) is 142 cm³/mol. The van der Waals surface area contributed by atoms with E-state index in [1.54, 1.807) is 73.8 Å². The van der Waals surface area contributed by atoms with E-state index in [0.717, 1.165) is 0 Å². The van der Waals surface area contributed by atoms with E-state index in [1.807, 2.05) is 13.8 Å². The molecule has 2 heterocycles. The molecular weight excluding hydrogens is 486 g/mol. The number of carbonyl (C=O) groups excluding carboxylic acids is 2. The first-order chi connectivity index (χ1) is 18.4. The van der Waals surface area contributed by atoms with Crippen LogP contribution in [0, 0.1) is 5.92 Å². The maximum Gasteiger partial charge on any atom is 0.300 e. The van der Waals surface area contributed by atoms with E-state index >= 15 is 0 Å². The summed E-state index contributed by atoms with van der Waals surface area (Å²) < 4.78 is 22.6. The van der Waals surface area contributed by atoms with Gasteiger partial charge in [-0.25, -0.2) is 0 Å². The van der Waals surface area contributed by atoms with Crippen LogP contribution < -0.4 is 23.8 Å². The predicted octanol–water partition coefficient (Wildman–Crippen LogP) is 5.13. The number of benzene rings is 3. The molecule has 5 rings (SSSR count). The first kappa shape index (κ1) is 25.2. The van der Waals surface area contributed by atoms with Crippen molar-refractivity contribution in [3.63, 3.8) is 0 Å². The standard InChI is InChI=1S/C30H29NO7/c1-18(2)17-38-23-9-5-7-20(15-23)28(32)26-27(19-6-4-8-22(14-19)35-3)31(30(34)29(26)33)21-10-11-24-25(16-21)37-13-12-36-24/h4-11,14-16,18,27,32H,12-13,17H2,1-3H3/b28-26+. The van der Waals surface area contributed by atoms with Crippen molar-refractivity contribution in [1.82, 2.24) is 0 Å². The van der Waals surface area contributed by atoms with Gasteiger partial charge in [-0.3, -0.25) is 14.5 Å². The molecule has 1 N–H and O–H groups in total. The highest BCUT2D eigenvalue weighted by Gasteiger charge is 2.47. The van der Waals surface area contributed by atoms with Gasteiger partial charge in [0.1, 0.15) is 30.5 Å². The van der Waals surface area contributed by atoms with Crippen LogP contribution in [-0.2, 0) is 9.59 Å². The molecule has 1 unspecified atom stereocenters. The molecular formula is C30H29NO7. The molecule has 0 bridgehead atoms. The van der Waals surface area contributed by atoms with E-state index in [0.29, 0.717) is 65.6 Å². The highest BCUT2D eigenvalue weighted by atomic mass is 16.6. The van der Waals surface area contributed by atoms with Crippen molar-refractivity contribution in [3.05, 3.63) is 83.4 Å². The Kier molecular flexibility index (Phi) is 6.96. The van der Waals surface area contributed by atoms with Gasteiger partial charge in [-0.05, 0) is 47.9 Å². The van der Waals surface area contributed by atoms with Crippen LogP contribution in [0.25, 0.3) is 5.76 Å².